The molecule has 1 aliphatic heterocycles. The summed E-state index contributed by atoms with van der Waals surface area (Å²) in [7, 11) is 0. The van der Waals surface area contributed by atoms with Crippen LogP contribution in [-0.2, 0) is 15.3 Å². The van der Waals surface area contributed by atoms with Gasteiger partial charge in [-0.1, -0.05) is 114 Å². The number of rotatable bonds is 11. The van der Waals surface area contributed by atoms with Gasteiger partial charge in [0, 0.05) is 10.8 Å². The lowest BCUT2D eigenvalue weighted by Crippen LogP contribution is -2.30. The predicted molar refractivity (Wildman–Crippen MR) is 163 cm³/mol. The average Bonchev–Trinajstić information content (AvgIpc) is 3.57. The first-order valence-electron chi connectivity index (χ1n) is 12.5. The molecule has 0 radical (unpaired) electrons. The van der Waals surface area contributed by atoms with E-state index in [-0.39, 0.29) is 17.3 Å². The van der Waals surface area contributed by atoms with Crippen molar-refractivity contribution in [1.82, 2.24) is 10.2 Å². The summed E-state index contributed by atoms with van der Waals surface area (Å²) in [5.74, 6) is -0.770. The molecule has 1 aliphatic rings. The molecular weight excluding hydrogens is 578 g/mol. The summed E-state index contributed by atoms with van der Waals surface area (Å²) in [4.78, 5) is 28.3. The summed E-state index contributed by atoms with van der Waals surface area (Å²) < 4.78 is 6.31. The second-order valence-electron chi connectivity index (χ2n) is 8.85. The number of nitrogens with zero attached hydrogens (tertiary/aromatic N) is 3. The lowest BCUT2D eigenvalue weighted by atomic mass is 9.95. The molecule has 0 saturated heterocycles. The minimum atomic E-state index is -0.947. The van der Waals surface area contributed by atoms with E-state index in [0.717, 1.165) is 11.1 Å². The van der Waals surface area contributed by atoms with Gasteiger partial charge < -0.3 is 9.84 Å². The predicted octanol–water partition coefficient (Wildman–Crippen LogP) is 7.23. The van der Waals surface area contributed by atoms with E-state index in [1.807, 2.05) is 54.6 Å². The Hall–Kier alpha value is -4.18. The molecule has 5 rings (SSSR count). The van der Waals surface area contributed by atoms with Crippen LogP contribution in [0.15, 0.2) is 113 Å². The van der Waals surface area contributed by atoms with Crippen molar-refractivity contribution in [2.75, 3.05) is 11.5 Å². The Bertz CT molecular complexity index is 1650. The van der Waals surface area contributed by atoms with Gasteiger partial charge in [0.2, 0.25) is 5.13 Å². The third-order valence-electron chi connectivity index (χ3n) is 6.15. The Kier molecular flexibility index (Phi) is 8.98. The van der Waals surface area contributed by atoms with E-state index in [1.165, 1.54) is 34.1 Å². The Labute approximate surface area is 250 Å². The number of amides is 1. The number of ether oxygens (including phenoxy) is 1. The number of hydrogen-bond acceptors (Lipinski definition) is 8. The molecule has 0 spiro atoms. The number of thioether (sulfide) groups is 1. The Morgan fingerprint density at radius 3 is 2.66 bits per heavy atom. The van der Waals surface area contributed by atoms with Crippen molar-refractivity contribution in [3.63, 3.8) is 0 Å². The summed E-state index contributed by atoms with van der Waals surface area (Å²) in [6.07, 6.45) is 4.62. The third-order valence-corrected chi connectivity index (χ3v) is 8.63. The number of aromatic nitrogens is 2. The zero-order chi connectivity index (χ0) is 28.8. The van der Waals surface area contributed by atoms with Crippen LogP contribution in [0.1, 0.15) is 22.7 Å². The molecule has 41 heavy (non-hydrogen) atoms. The number of hydrogen-bond donors (Lipinski definition) is 1. The summed E-state index contributed by atoms with van der Waals surface area (Å²) >= 11 is 8.91. The number of halogens is 1. The van der Waals surface area contributed by atoms with Crippen molar-refractivity contribution in [3.8, 4) is 5.75 Å². The number of carbonyl (C=O) groups is 2. The Morgan fingerprint density at radius 1 is 1.10 bits per heavy atom. The van der Waals surface area contributed by atoms with Crippen LogP contribution in [0.25, 0.3) is 6.08 Å². The van der Waals surface area contributed by atoms with Crippen LogP contribution in [0.2, 0.25) is 5.02 Å². The standard InChI is InChI=1S/C31H24ClN3O4S2/c1-2-17-39-23-13-8-12-21(18-23)27-26(25(36)16-15-20-9-4-3-5-10-20)28(37)29(38)35(27)30-33-34-31(41-30)40-19-22-11-6-7-14-24(22)32/h2-16,18,27,37H,1,17,19H2. The lowest BCUT2D eigenvalue weighted by molar-refractivity contribution is -0.117. The first-order valence-corrected chi connectivity index (χ1v) is 14.7. The quantitative estimate of drug-likeness (QED) is 0.0839. The number of ketones is 1. The monoisotopic (exact) mass is 601 g/mol. The van der Waals surface area contributed by atoms with Crippen molar-refractivity contribution in [2.24, 2.45) is 0 Å². The topological polar surface area (TPSA) is 92.6 Å². The van der Waals surface area contributed by atoms with Crippen LogP contribution in [0.3, 0.4) is 0 Å². The average molecular weight is 602 g/mol. The van der Waals surface area contributed by atoms with Crippen LogP contribution in [0, 0.1) is 0 Å². The summed E-state index contributed by atoms with van der Waals surface area (Å²) in [6.45, 7) is 3.96. The largest absolute Gasteiger partial charge is 0.503 e. The van der Waals surface area contributed by atoms with Gasteiger partial charge in [0.15, 0.2) is 15.9 Å². The van der Waals surface area contributed by atoms with Gasteiger partial charge in [-0.05, 0) is 41.0 Å². The molecule has 10 heteroatoms. The molecule has 0 fully saturated rings. The molecule has 1 unspecified atom stereocenters. The molecule has 1 aromatic heterocycles. The SMILES string of the molecule is C=CCOc1cccc(C2C(C(=O)C=Cc3ccccc3)=C(O)C(=O)N2c2nnc(SCc3ccccc3Cl)s2)c1. The van der Waals surface area contributed by atoms with E-state index in [0.29, 0.717) is 26.4 Å². The fraction of sp³-hybridized carbons (Fsp3) is 0.0968. The van der Waals surface area contributed by atoms with Crippen molar-refractivity contribution in [1.29, 1.82) is 0 Å². The number of benzene rings is 3. The molecule has 7 nitrogen and oxygen atoms in total. The molecule has 0 bridgehead atoms. The lowest BCUT2D eigenvalue weighted by Gasteiger charge is -2.24. The first kappa shape index (κ1) is 28.4. The maximum Gasteiger partial charge on any atom is 0.296 e. The van der Waals surface area contributed by atoms with Crippen LogP contribution in [0.5, 0.6) is 5.75 Å². The minimum Gasteiger partial charge on any atom is -0.503 e. The normalized spacial score (nSPS) is 15.1. The minimum absolute atomic E-state index is 0.0523. The third kappa shape index (κ3) is 6.43. The fourth-order valence-electron chi connectivity index (χ4n) is 4.24. The van der Waals surface area contributed by atoms with Crippen molar-refractivity contribution in [2.45, 2.75) is 16.1 Å². The highest BCUT2D eigenvalue weighted by molar-refractivity contribution is 8.00. The van der Waals surface area contributed by atoms with Gasteiger partial charge in [0.1, 0.15) is 12.4 Å². The second kappa shape index (κ2) is 13.0. The number of aliphatic hydroxyl groups is 1. The van der Waals surface area contributed by atoms with E-state index < -0.39 is 23.5 Å². The molecule has 1 N–H and O–H groups in total. The van der Waals surface area contributed by atoms with Crippen LogP contribution >= 0.6 is 34.7 Å². The molecule has 1 atom stereocenters. The van der Waals surface area contributed by atoms with E-state index in [9.17, 15) is 14.7 Å². The first-order chi connectivity index (χ1) is 20.0. The van der Waals surface area contributed by atoms with Gasteiger partial charge in [-0.2, -0.15) is 0 Å². The van der Waals surface area contributed by atoms with Crippen LogP contribution in [0.4, 0.5) is 5.13 Å². The Balaban J connectivity index is 1.49. The van der Waals surface area contributed by atoms with Gasteiger partial charge in [-0.15, -0.1) is 10.2 Å². The van der Waals surface area contributed by atoms with E-state index in [1.54, 1.807) is 36.4 Å². The number of aliphatic hydroxyl groups excluding tert-OH is 1. The van der Waals surface area contributed by atoms with Crippen molar-refractivity contribution in [3.05, 3.63) is 131 Å². The summed E-state index contributed by atoms with van der Waals surface area (Å²) in [6, 6.07) is 22.9. The highest BCUT2D eigenvalue weighted by Gasteiger charge is 2.45. The van der Waals surface area contributed by atoms with E-state index >= 15 is 0 Å². The summed E-state index contributed by atoms with van der Waals surface area (Å²) in [5, 5.41) is 20.4. The molecule has 0 saturated carbocycles. The summed E-state index contributed by atoms with van der Waals surface area (Å²) in [5.41, 5.74) is 2.27. The van der Waals surface area contributed by atoms with Gasteiger partial charge >= 0.3 is 0 Å². The molecule has 2 heterocycles. The van der Waals surface area contributed by atoms with Crippen LogP contribution in [-0.4, -0.2) is 33.6 Å². The van der Waals surface area contributed by atoms with E-state index in [4.69, 9.17) is 16.3 Å². The number of allylic oxidation sites excluding steroid dienone is 1. The second-order valence-corrected chi connectivity index (χ2v) is 11.4. The van der Waals surface area contributed by atoms with Crippen molar-refractivity contribution >= 4 is 57.6 Å². The molecule has 3 aromatic carbocycles. The van der Waals surface area contributed by atoms with Crippen LogP contribution < -0.4 is 9.64 Å². The number of carbonyl (C=O) groups excluding carboxylic acids is 2. The molecule has 0 aliphatic carbocycles. The zero-order valence-electron chi connectivity index (χ0n) is 21.6. The molecular formula is C31H24ClN3O4S2. The highest BCUT2D eigenvalue weighted by Crippen LogP contribution is 2.44. The van der Waals surface area contributed by atoms with Gasteiger partial charge in [0.25, 0.3) is 5.91 Å². The smallest absolute Gasteiger partial charge is 0.296 e. The highest BCUT2D eigenvalue weighted by atomic mass is 35.5. The zero-order valence-corrected chi connectivity index (χ0v) is 24.0. The van der Waals surface area contributed by atoms with Gasteiger partial charge in [-0.3, -0.25) is 14.5 Å². The maximum atomic E-state index is 13.5. The number of anilines is 1. The Morgan fingerprint density at radius 2 is 1.88 bits per heavy atom. The van der Waals surface area contributed by atoms with Gasteiger partial charge in [-0.25, -0.2) is 0 Å². The fourth-order valence-corrected chi connectivity index (χ4v) is 6.39. The molecule has 1 amide bonds. The maximum absolute atomic E-state index is 13.5. The molecule has 4 aromatic rings. The van der Waals surface area contributed by atoms with Crippen molar-refractivity contribution < 1.29 is 19.4 Å². The van der Waals surface area contributed by atoms with Gasteiger partial charge in [0.05, 0.1) is 11.6 Å². The molecule has 206 valence electrons. The van der Waals surface area contributed by atoms with E-state index in [2.05, 4.69) is 16.8 Å².